The number of aromatic amines is 1. The first-order valence-electron chi connectivity index (χ1n) is 10.00. The number of nitrogens with zero attached hydrogens (tertiary/aromatic N) is 4. The van der Waals surface area contributed by atoms with Crippen molar-refractivity contribution in [2.45, 2.75) is 0 Å². The van der Waals surface area contributed by atoms with Gasteiger partial charge in [0.1, 0.15) is 17.8 Å². The van der Waals surface area contributed by atoms with Crippen LogP contribution in [0.4, 0.5) is 17.5 Å². The van der Waals surface area contributed by atoms with Crippen molar-refractivity contribution in [1.82, 2.24) is 24.9 Å². The van der Waals surface area contributed by atoms with Crippen molar-refractivity contribution in [3.63, 3.8) is 0 Å². The van der Waals surface area contributed by atoms with Gasteiger partial charge >= 0.3 is 0 Å². The highest BCUT2D eigenvalue weighted by molar-refractivity contribution is 6.12. The molecule has 3 aromatic heterocycles. The minimum Gasteiger partial charge on any atom is -0.493 e. The average Bonchev–Trinajstić information content (AvgIpc) is 3.23. The van der Waals surface area contributed by atoms with E-state index in [2.05, 4.69) is 35.6 Å². The van der Waals surface area contributed by atoms with Gasteiger partial charge in [0.2, 0.25) is 5.95 Å². The standard InChI is InChI=1S/C23H19N7O3/c1-32-17-8-15-16(9-18(17)33-2)29-21-19(15)20(26-12-27-21)28-14-10-24-23(25-11-14)30-22(31)13-6-4-3-5-7-13/h3-12H,1-2H3,(H,24,25,30,31)(H2,26,27,28,29). The van der Waals surface area contributed by atoms with Gasteiger partial charge in [-0.3, -0.25) is 10.1 Å². The van der Waals surface area contributed by atoms with Gasteiger partial charge in [-0.1, -0.05) is 18.2 Å². The Labute approximate surface area is 188 Å². The van der Waals surface area contributed by atoms with Crippen LogP contribution in [0.3, 0.4) is 0 Å². The third-order valence-corrected chi connectivity index (χ3v) is 5.07. The molecule has 1 amide bonds. The van der Waals surface area contributed by atoms with Gasteiger partial charge in [-0.15, -0.1) is 0 Å². The maximum atomic E-state index is 12.3. The molecule has 0 aliphatic carbocycles. The predicted molar refractivity (Wildman–Crippen MR) is 124 cm³/mol. The summed E-state index contributed by atoms with van der Waals surface area (Å²) in [5.74, 6) is 1.70. The molecule has 5 rings (SSSR count). The molecule has 0 bridgehead atoms. The Morgan fingerprint density at radius 2 is 1.67 bits per heavy atom. The number of hydrogen-bond acceptors (Lipinski definition) is 8. The van der Waals surface area contributed by atoms with Gasteiger partial charge in [0, 0.05) is 17.0 Å². The van der Waals surface area contributed by atoms with Crippen LogP contribution in [0.2, 0.25) is 0 Å². The average molecular weight is 441 g/mol. The second-order valence-electron chi connectivity index (χ2n) is 7.06. The number of carbonyl (C=O) groups is 1. The van der Waals surface area contributed by atoms with Crippen molar-refractivity contribution >= 4 is 45.3 Å². The number of aromatic nitrogens is 5. The minimum absolute atomic E-state index is 0.200. The molecule has 0 unspecified atom stereocenters. The van der Waals surface area contributed by atoms with E-state index in [0.717, 1.165) is 16.3 Å². The van der Waals surface area contributed by atoms with Gasteiger partial charge in [0.05, 0.1) is 43.2 Å². The molecule has 0 saturated carbocycles. The highest BCUT2D eigenvalue weighted by Gasteiger charge is 2.16. The van der Waals surface area contributed by atoms with Gasteiger partial charge in [-0.25, -0.2) is 19.9 Å². The van der Waals surface area contributed by atoms with E-state index < -0.39 is 0 Å². The number of amides is 1. The zero-order valence-electron chi connectivity index (χ0n) is 17.8. The van der Waals surface area contributed by atoms with E-state index in [9.17, 15) is 4.79 Å². The van der Waals surface area contributed by atoms with E-state index in [-0.39, 0.29) is 11.9 Å². The van der Waals surface area contributed by atoms with Crippen LogP contribution in [0, 0.1) is 0 Å². The van der Waals surface area contributed by atoms with E-state index in [1.807, 2.05) is 18.2 Å². The maximum absolute atomic E-state index is 12.3. The highest BCUT2D eigenvalue weighted by Crippen LogP contribution is 2.37. The van der Waals surface area contributed by atoms with Crippen molar-refractivity contribution in [3.05, 3.63) is 66.7 Å². The first kappa shape index (κ1) is 20.2. The van der Waals surface area contributed by atoms with Crippen molar-refractivity contribution < 1.29 is 14.3 Å². The van der Waals surface area contributed by atoms with Crippen LogP contribution in [0.15, 0.2) is 61.2 Å². The van der Waals surface area contributed by atoms with E-state index in [1.54, 1.807) is 50.9 Å². The molecule has 10 nitrogen and oxygen atoms in total. The summed E-state index contributed by atoms with van der Waals surface area (Å²) in [4.78, 5) is 32.7. The van der Waals surface area contributed by atoms with E-state index >= 15 is 0 Å². The van der Waals surface area contributed by atoms with Crippen molar-refractivity contribution in [2.75, 3.05) is 24.9 Å². The largest absolute Gasteiger partial charge is 0.493 e. The first-order chi connectivity index (χ1) is 16.2. The maximum Gasteiger partial charge on any atom is 0.258 e. The van der Waals surface area contributed by atoms with Crippen LogP contribution in [0.1, 0.15) is 10.4 Å². The Hall–Kier alpha value is -4.73. The second-order valence-corrected chi connectivity index (χ2v) is 7.06. The number of hydrogen-bond donors (Lipinski definition) is 3. The van der Waals surface area contributed by atoms with E-state index in [1.165, 1.54) is 6.33 Å². The van der Waals surface area contributed by atoms with Gasteiger partial charge < -0.3 is 19.8 Å². The third-order valence-electron chi connectivity index (χ3n) is 5.07. The quantitative estimate of drug-likeness (QED) is 0.362. The lowest BCUT2D eigenvalue weighted by Crippen LogP contribution is -2.14. The normalized spacial score (nSPS) is 10.8. The molecular formula is C23H19N7O3. The number of fused-ring (bicyclic) bond motifs is 3. The second kappa shape index (κ2) is 8.42. The van der Waals surface area contributed by atoms with Gasteiger partial charge in [0.25, 0.3) is 5.91 Å². The van der Waals surface area contributed by atoms with E-state index in [4.69, 9.17) is 9.47 Å². The Balaban J connectivity index is 1.43. The van der Waals surface area contributed by atoms with Crippen molar-refractivity contribution in [2.24, 2.45) is 0 Å². The lowest BCUT2D eigenvalue weighted by Gasteiger charge is -2.09. The van der Waals surface area contributed by atoms with E-state index in [0.29, 0.717) is 34.2 Å². The SMILES string of the molecule is COc1cc2[nH]c3ncnc(Nc4cnc(NC(=O)c5ccccc5)nc4)c3c2cc1OC. The smallest absolute Gasteiger partial charge is 0.258 e. The molecule has 2 aromatic carbocycles. The summed E-state index contributed by atoms with van der Waals surface area (Å²) in [5, 5.41) is 7.56. The fourth-order valence-electron chi connectivity index (χ4n) is 3.50. The predicted octanol–water partition coefficient (Wildman–Crippen LogP) is 3.91. The molecule has 0 aliphatic heterocycles. The molecule has 164 valence electrons. The van der Waals surface area contributed by atoms with Crippen LogP contribution in [-0.2, 0) is 0 Å². The van der Waals surface area contributed by atoms with Crippen LogP contribution >= 0.6 is 0 Å². The summed E-state index contributed by atoms with van der Waals surface area (Å²) in [6.07, 6.45) is 4.60. The number of benzene rings is 2. The number of H-pyrrole nitrogens is 1. The summed E-state index contributed by atoms with van der Waals surface area (Å²) in [7, 11) is 3.18. The van der Waals surface area contributed by atoms with Crippen LogP contribution in [0.25, 0.3) is 21.9 Å². The lowest BCUT2D eigenvalue weighted by atomic mass is 10.2. The molecule has 0 aliphatic rings. The fourth-order valence-corrected chi connectivity index (χ4v) is 3.50. The Bertz CT molecular complexity index is 1450. The molecule has 0 fully saturated rings. The van der Waals surface area contributed by atoms with Gasteiger partial charge in [-0.05, 0) is 18.2 Å². The molecular weight excluding hydrogens is 422 g/mol. The minimum atomic E-state index is -0.281. The Morgan fingerprint density at radius 3 is 2.39 bits per heavy atom. The molecule has 0 radical (unpaired) electrons. The summed E-state index contributed by atoms with van der Waals surface area (Å²) in [6.45, 7) is 0. The molecule has 3 heterocycles. The number of ether oxygens (including phenoxy) is 2. The van der Waals surface area contributed by atoms with Gasteiger partial charge in [0.15, 0.2) is 11.5 Å². The highest BCUT2D eigenvalue weighted by atomic mass is 16.5. The monoisotopic (exact) mass is 441 g/mol. The van der Waals surface area contributed by atoms with Gasteiger partial charge in [-0.2, -0.15) is 0 Å². The third kappa shape index (κ3) is 3.85. The van der Waals surface area contributed by atoms with Crippen molar-refractivity contribution in [1.29, 1.82) is 0 Å². The molecule has 0 spiro atoms. The summed E-state index contributed by atoms with van der Waals surface area (Å²) >= 11 is 0. The topological polar surface area (TPSA) is 127 Å². The fraction of sp³-hybridized carbons (Fsp3) is 0.0870. The Morgan fingerprint density at radius 1 is 0.939 bits per heavy atom. The number of carbonyl (C=O) groups excluding carboxylic acids is 1. The van der Waals surface area contributed by atoms with Crippen LogP contribution in [0.5, 0.6) is 11.5 Å². The number of nitrogens with one attached hydrogen (secondary N) is 3. The lowest BCUT2D eigenvalue weighted by molar-refractivity contribution is 0.102. The van der Waals surface area contributed by atoms with Crippen LogP contribution in [-0.4, -0.2) is 45.0 Å². The van der Waals surface area contributed by atoms with Crippen LogP contribution < -0.4 is 20.1 Å². The molecule has 33 heavy (non-hydrogen) atoms. The zero-order chi connectivity index (χ0) is 22.8. The molecule has 0 saturated heterocycles. The number of methoxy groups -OCH3 is 2. The zero-order valence-corrected chi connectivity index (χ0v) is 17.8. The molecule has 10 heteroatoms. The summed E-state index contributed by atoms with van der Waals surface area (Å²) < 4.78 is 10.8. The number of rotatable bonds is 6. The number of anilines is 3. The first-order valence-corrected chi connectivity index (χ1v) is 10.00. The molecule has 3 N–H and O–H groups in total. The molecule has 0 atom stereocenters. The summed E-state index contributed by atoms with van der Waals surface area (Å²) in [5.41, 5.74) is 2.62. The Kier molecular flexibility index (Phi) is 5.15. The van der Waals surface area contributed by atoms with Crippen molar-refractivity contribution in [3.8, 4) is 11.5 Å². The summed E-state index contributed by atoms with van der Waals surface area (Å²) in [6, 6.07) is 12.6. The molecule has 5 aromatic rings.